The van der Waals surface area contributed by atoms with Gasteiger partial charge in [0.2, 0.25) is 0 Å². The van der Waals surface area contributed by atoms with Crippen LogP contribution in [0.2, 0.25) is 0 Å². The molecule has 12 rings (SSSR count). The highest BCUT2D eigenvalue weighted by Crippen LogP contribution is 2.49. The van der Waals surface area contributed by atoms with Gasteiger partial charge in [0.1, 0.15) is 0 Å². The van der Waals surface area contributed by atoms with Crippen molar-refractivity contribution in [1.82, 2.24) is 4.57 Å². The van der Waals surface area contributed by atoms with E-state index in [2.05, 4.69) is 266 Å². The zero-order valence-electron chi connectivity index (χ0n) is 36.5. The molecule has 0 aliphatic heterocycles. The van der Waals surface area contributed by atoms with Gasteiger partial charge in [0, 0.05) is 38.9 Å². The summed E-state index contributed by atoms with van der Waals surface area (Å²) in [5.41, 5.74) is 22.0. The van der Waals surface area contributed by atoms with Crippen molar-refractivity contribution < 1.29 is 0 Å². The summed E-state index contributed by atoms with van der Waals surface area (Å²) in [5.74, 6) is 0. The number of benzene rings is 10. The SMILES string of the molecule is CC1(C)c2ccccc2-c2cc(-n3c4ccccc4c4cc(-c5cccc(-c6ccc(N(c7ccccc7)c7ccc(-c8ccc(-c9ccccc9)cc8)cc7)cc6)c5)ccc43)ccc21. The fraction of sp³-hybridized carbons (Fsp3) is 0.0476. The predicted octanol–water partition coefficient (Wildman–Crippen LogP) is 17.2. The minimum Gasteiger partial charge on any atom is -0.311 e. The standard InChI is InChI=1S/C63H46N2/c1-63(2)59-22-11-9-20-55(59)57-42-54(37-38-60(57)63)65-61-23-12-10-21-56(61)58-41-50(32-39-62(58)65)49-17-13-16-48(40-49)47-30-35-53(36-31-47)64(51-18-7-4-8-19-51)52-33-28-46(29-34-52)45-26-24-44(25-27-45)43-14-5-3-6-15-43/h3-42H,1-2H3. The Kier molecular flexibility index (Phi) is 9.21. The van der Waals surface area contributed by atoms with Crippen LogP contribution in [0.1, 0.15) is 25.0 Å². The Morgan fingerprint density at radius 2 is 0.769 bits per heavy atom. The Labute approximate surface area is 381 Å². The minimum absolute atomic E-state index is 0.0233. The van der Waals surface area contributed by atoms with E-state index in [1.165, 1.54) is 94.3 Å². The molecule has 1 aliphatic carbocycles. The Hall–Kier alpha value is -8.20. The van der Waals surface area contributed by atoms with Crippen molar-refractivity contribution in [2.24, 2.45) is 0 Å². The molecule has 0 radical (unpaired) electrons. The third-order valence-electron chi connectivity index (χ3n) is 13.6. The quantitative estimate of drug-likeness (QED) is 0.148. The highest BCUT2D eigenvalue weighted by Gasteiger charge is 2.35. The lowest BCUT2D eigenvalue weighted by Gasteiger charge is -2.26. The van der Waals surface area contributed by atoms with Crippen LogP contribution in [-0.4, -0.2) is 4.57 Å². The fourth-order valence-corrected chi connectivity index (χ4v) is 10.3. The van der Waals surface area contributed by atoms with Crippen LogP contribution in [0.3, 0.4) is 0 Å². The molecule has 0 saturated heterocycles. The largest absolute Gasteiger partial charge is 0.311 e. The van der Waals surface area contributed by atoms with Crippen LogP contribution in [0, 0.1) is 0 Å². The lowest BCUT2D eigenvalue weighted by molar-refractivity contribution is 0.660. The normalized spacial score (nSPS) is 12.6. The summed E-state index contributed by atoms with van der Waals surface area (Å²) in [6.45, 7) is 4.69. The second kappa shape index (κ2) is 15.6. The molecule has 0 N–H and O–H groups in total. The van der Waals surface area contributed by atoms with Crippen molar-refractivity contribution in [3.8, 4) is 61.3 Å². The van der Waals surface area contributed by atoms with Gasteiger partial charge in [-0.15, -0.1) is 0 Å². The Bertz CT molecular complexity index is 3520. The van der Waals surface area contributed by atoms with Crippen molar-refractivity contribution in [2.45, 2.75) is 19.3 Å². The van der Waals surface area contributed by atoms with Crippen LogP contribution in [0.5, 0.6) is 0 Å². The molecule has 2 nitrogen and oxygen atoms in total. The van der Waals surface area contributed by atoms with Crippen molar-refractivity contribution in [3.63, 3.8) is 0 Å². The van der Waals surface area contributed by atoms with Crippen LogP contribution in [0.15, 0.2) is 243 Å². The van der Waals surface area contributed by atoms with Gasteiger partial charge in [-0.1, -0.05) is 184 Å². The maximum absolute atomic E-state index is 2.44. The van der Waals surface area contributed by atoms with Gasteiger partial charge in [-0.25, -0.2) is 0 Å². The van der Waals surface area contributed by atoms with Crippen molar-refractivity contribution in [3.05, 3.63) is 254 Å². The van der Waals surface area contributed by atoms with E-state index in [4.69, 9.17) is 0 Å². The lowest BCUT2D eigenvalue weighted by atomic mass is 9.82. The number of rotatable bonds is 8. The fourth-order valence-electron chi connectivity index (χ4n) is 10.3. The van der Waals surface area contributed by atoms with Gasteiger partial charge >= 0.3 is 0 Å². The van der Waals surface area contributed by atoms with Gasteiger partial charge in [-0.3, -0.25) is 0 Å². The first-order valence-electron chi connectivity index (χ1n) is 22.6. The first-order chi connectivity index (χ1) is 32.0. The summed E-state index contributed by atoms with van der Waals surface area (Å²) in [4.78, 5) is 2.33. The van der Waals surface area contributed by atoms with E-state index in [1.807, 2.05) is 0 Å². The maximum Gasteiger partial charge on any atom is 0.0541 e. The molecule has 65 heavy (non-hydrogen) atoms. The number of fused-ring (bicyclic) bond motifs is 6. The smallest absolute Gasteiger partial charge is 0.0541 e. The topological polar surface area (TPSA) is 8.17 Å². The van der Waals surface area contributed by atoms with E-state index in [9.17, 15) is 0 Å². The summed E-state index contributed by atoms with van der Waals surface area (Å²) in [6.07, 6.45) is 0. The molecule has 0 fully saturated rings. The van der Waals surface area contributed by atoms with Gasteiger partial charge in [0.05, 0.1) is 11.0 Å². The summed E-state index contributed by atoms with van der Waals surface area (Å²) in [7, 11) is 0. The molecule has 1 heterocycles. The summed E-state index contributed by atoms with van der Waals surface area (Å²) in [6, 6.07) is 88.6. The van der Waals surface area contributed by atoms with Gasteiger partial charge in [-0.2, -0.15) is 0 Å². The van der Waals surface area contributed by atoms with Gasteiger partial charge in [0.15, 0.2) is 0 Å². The molecule has 1 aliphatic rings. The Balaban J connectivity index is 0.850. The van der Waals surface area contributed by atoms with E-state index in [1.54, 1.807) is 0 Å². The number of para-hydroxylation sites is 2. The van der Waals surface area contributed by atoms with Gasteiger partial charge in [-0.05, 0) is 140 Å². The van der Waals surface area contributed by atoms with Crippen LogP contribution in [0.4, 0.5) is 17.1 Å². The molecule has 308 valence electrons. The predicted molar refractivity (Wildman–Crippen MR) is 275 cm³/mol. The molecule has 0 atom stereocenters. The molecule has 1 aromatic heterocycles. The number of hydrogen-bond acceptors (Lipinski definition) is 1. The minimum atomic E-state index is -0.0233. The van der Waals surface area contributed by atoms with Crippen LogP contribution < -0.4 is 4.90 Å². The van der Waals surface area contributed by atoms with E-state index in [0.717, 1.165) is 17.1 Å². The van der Waals surface area contributed by atoms with E-state index in [-0.39, 0.29) is 5.41 Å². The molecule has 0 saturated carbocycles. The monoisotopic (exact) mass is 830 g/mol. The van der Waals surface area contributed by atoms with Gasteiger partial charge < -0.3 is 9.47 Å². The Morgan fingerprint density at radius 3 is 1.46 bits per heavy atom. The lowest BCUT2D eigenvalue weighted by Crippen LogP contribution is -2.14. The molecular formula is C63H46N2. The highest BCUT2D eigenvalue weighted by molar-refractivity contribution is 6.10. The maximum atomic E-state index is 2.44. The second-order valence-electron chi connectivity index (χ2n) is 17.8. The van der Waals surface area contributed by atoms with Crippen LogP contribution in [-0.2, 0) is 5.41 Å². The van der Waals surface area contributed by atoms with E-state index in [0.29, 0.717) is 0 Å². The number of nitrogens with zero attached hydrogens (tertiary/aromatic N) is 2. The third kappa shape index (κ3) is 6.65. The van der Waals surface area contributed by atoms with Crippen LogP contribution in [0.25, 0.3) is 83.1 Å². The van der Waals surface area contributed by atoms with E-state index >= 15 is 0 Å². The number of aromatic nitrogens is 1. The van der Waals surface area contributed by atoms with Crippen molar-refractivity contribution in [1.29, 1.82) is 0 Å². The highest BCUT2D eigenvalue weighted by atomic mass is 15.1. The summed E-state index contributed by atoms with van der Waals surface area (Å²) in [5, 5.41) is 2.51. The van der Waals surface area contributed by atoms with E-state index < -0.39 is 0 Å². The Morgan fingerprint density at radius 1 is 0.308 bits per heavy atom. The third-order valence-corrected chi connectivity index (χ3v) is 13.6. The molecule has 0 amide bonds. The zero-order chi connectivity index (χ0) is 43.5. The molecule has 11 aromatic rings. The molecular weight excluding hydrogens is 785 g/mol. The van der Waals surface area contributed by atoms with Gasteiger partial charge in [0.25, 0.3) is 0 Å². The molecule has 2 heteroatoms. The number of anilines is 3. The first-order valence-corrected chi connectivity index (χ1v) is 22.6. The molecule has 0 spiro atoms. The molecule has 0 unspecified atom stereocenters. The van der Waals surface area contributed by atoms with Crippen molar-refractivity contribution in [2.75, 3.05) is 4.90 Å². The number of hydrogen-bond donors (Lipinski definition) is 0. The molecule has 10 aromatic carbocycles. The first kappa shape index (κ1) is 38.5. The molecule has 0 bridgehead atoms. The average molecular weight is 831 g/mol. The summed E-state index contributed by atoms with van der Waals surface area (Å²) < 4.78 is 2.44. The summed E-state index contributed by atoms with van der Waals surface area (Å²) >= 11 is 0. The van der Waals surface area contributed by atoms with Crippen LogP contribution >= 0.6 is 0 Å². The second-order valence-corrected chi connectivity index (χ2v) is 17.8. The van der Waals surface area contributed by atoms with Crippen molar-refractivity contribution >= 4 is 38.9 Å². The zero-order valence-corrected chi connectivity index (χ0v) is 36.5. The average Bonchev–Trinajstić information content (AvgIpc) is 3.82.